The molecule has 1 saturated heterocycles. The van der Waals surface area contributed by atoms with Gasteiger partial charge < -0.3 is 4.74 Å². The summed E-state index contributed by atoms with van der Waals surface area (Å²) in [5.74, 6) is -0.167. The number of anilines is 1. The Labute approximate surface area is 147 Å². The molecule has 0 N–H and O–H groups in total. The summed E-state index contributed by atoms with van der Waals surface area (Å²) in [5, 5.41) is 2.13. The minimum absolute atomic E-state index is 0.0464. The molecule has 4 rings (SSSR count). The number of likely N-dealkylation sites (tertiary alicyclic amines) is 1. The van der Waals surface area contributed by atoms with E-state index in [1.54, 1.807) is 0 Å². The molecule has 5 nitrogen and oxygen atoms in total. The number of rotatable bonds is 4. The van der Waals surface area contributed by atoms with Crippen LogP contribution in [0.2, 0.25) is 0 Å². The molecule has 2 aromatic rings. The first-order valence-electron chi connectivity index (χ1n) is 8.91. The number of amides is 1. The monoisotopic (exact) mass is 338 g/mol. The SMILES string of the molecule is CCOC(=O)C1CCCN(CN2C(=O)c3cccc4cccc2c34)C1. The third-order valence-electron chi connectivity index (χ3n) is 5.12. The second-order valence-electron chi connectivity index (χ2n) is 6.72. The Bertz CT molecular complexity index is 828. The van der Waals surface area contributed by atoms with Gasteiger partial charge in [-0.3, -0.25) is 19.4 Å². The van der Waals surface area contributed by atoms with Gasteiger partial charge in [0.05, 0.1) is 24.9 Å². The molecule has 2 aliphatic rings. The van der Waals surface area contributed by atoms with Crippen LogP contribution in [0.5, 0.6) is 0 Å². The van der Waals surface area contributed by atoms with Crippen LogP contribution in [0, 0.1) is 5.92 Å². The average molecular weight is 338 g/mol. The van der Waals surface area contributed by atoms with Gasteiger partial charge in [-0.2, -0.15) is 0 Å². The third kappa shape index (κ3) is 2.78. The lowest BCUT2D eigenvalue weighted by molar-refractivity contribution is -0.149. The maximum Gasteiger partial charge on any atom is 0.310 e. The molecule has 0 aliphatic carbocycles. The van der Waals surface area contributed by atoms with Crippen molar-refractivity contribution in [3.63, 3.8) is 0 Å². The number of nitrogens with zero attached hydrogens (tertiary/aromatic N) is 2. The summed E-state index contributed by atoms with van der Waals surface area (Å²) in [4.78, 5) is 29.0. The lowest BCUT2D eigenvalue weighted by atomic mass is 9.98. The van der Waals surface area contributed by atoms with Crippen molar-refractivity contribution in [2.75, 3.05) is 31.3 Å². The number of piperidine rings is 1. The van der Waals surface area contributed by atoms with Gasteiger partial charge in [-0.25, -0.2) is 0 Å². The first-order chi connectivity index (χ1) is 12.2. The molecule has 0 bridgehead atoms. The van der Waals surface area contributed by atoms with Crippen molar-refractivity contribution < 1.29 is 14.3 Å². The van der Waals surface area contributed by atoms with E-state index in [1.807, 2.05) is 48.2 Å². The van der Waals surface area contributed by atoms with E-state index in [1.165, 1.54) is 0 Å². The van der Waals surface area contributed by atoms with E-state index in [-0.39, 0.29) is 17.8 Å². The minimum atomic E-state index is -0.120. The molecule has 1 unspecified atom stereocenters. The van der Waals surface area contributed by atoms with E-state index < -0.39 is 0 Å². The molecule has 2 aliphatic heterocycles. The Hall–Kier alpha value is -2.40. The topological polar surface area (TPSA) is 49.9 Å². The summed E-state index contributed by atoms with van der Waals surface area (Å²) in [7, 11) is 0. The molecule has 0 radical (unpaired) electrons. The number of hydrogen-bond acceptors (Lipinski definition) is 4. The number of ether oxygens (including phenoxy) is 1. The molecule has 130 valence electrons. The van der Waals surface area contributed by atoms with E-state index in [0.29, 0.717) is 19.8 Å². The number of benzene rings is 2. The molecule has 1 amide bonds. The van der Waals surface area contributed by atoms with E-state index >= 15 is 0 Å². The molecule has 2 aromatic carbocycles. The highest BCUT2D eigenvalue weighted by molar-refractivity contribution is 6.24. The van der Waals surface area contributed by atoms with Crippen LogP contribution in [0.4, 0.5) is 5.69 Å². The Kier molecular flexibility index (Phi) is 4.17. The standard InChI is InChI=1S/C20H22N2O3/c1-2-25-20(24)15-8-5-11-21(12-15)13-22-17-10-4-7-14-6-3-9-16(18(14)17)19(22)23/h3-4,6-7,9-10,15H,2,5,8,11-13H2,1H3. The van der Waals surface area contributed by atoms with Crippen LogP contribution >= 0.6 is 0 Å². The van der Waals surface area contributed by atoms with E-state index in [2.05, 4.69) is 4.90 Å². The van der Waals surface area contributed by atoms with Gasteiger partial charge in [-0.05, 0) is 43.8 Å². The molecule has 1 atom stereocenters. The second-order valence-corrected chi connectivity index (χ2v) is 6.72. The van der Waals surface area contributed by atoms with Gasteiger partial charge in [0.15, 0.2) is 0 Å². The maximum absolute atomic E-state index is 12.9. The normalized spacial score (nSPS) is 20.3. The van der Waals surface area contributed by atoms with Crippen molar-refractivity contribution in [3.05, 3.63) is 42.0 Å². The highest BCUT2D eigenvalue weighted by Crippen LogP contribution is 2.37. The van der Waals surface area contributed by atoms with Gasteiger partial charge in [-0.15, -0.1) is 0 Å². The average Bonchev–Trinajstić information content (AvgIpc) is 2.90. The van der Waals surface area contributed by atoms with Crippen molar-refractivity contribution in [3.8, 4) is 0 Å². The van der Waals surface area contributed by atoms with E-state index in [0.717, 1.165) is 41.4 Å². The zero-order valence-corrected chi connectivity index (χ0v) is 14.4. The number of esters is 1. The molecule has 0 spiro atoms. The Morgan fingerprint density at radius 3 is 2.84 bits per heavy atom. The van der Waals surface area contributed by atoms with Crippen LogP contribution in [0.3, 0.4) is 0 Å². The molecule has 0 saturated carbocycles. The second kappa shape index (κ2) is 6.48. The molecular formula is C20H22N2O3. The van der Waals surface area contributed by atoms with Crippen molar-refractivity contribution >= 4 is 28.3 Å². The van der Waals surface area contributed by atoms with Gasteiger partial charge in [0.25, 0.3) is 5.91 Å². The molecule has 0 aromatic heterocycles. The molecule has 1 fully saturated rings. The van der Waals surface area contributed by atoms with Crippen molar-refractivity contribution in [2.45, 2.75) is 19.8 Å². The predicted octanol–water partition coefficient (Wildman–Crippen LogP) is 3.03. The first-order valence-corrected chi connectivity index (χ1v) is 8.91. The number of hydrogen-bond donors (Lipinski definition) is 0. The summed E-state index contributed by atoms with van der Waals surface area (Å²) >= 11 is 0. The van der Waals surface area contributed by atoms with Gasteiger partial charge in [0, 0.05) is 17.5 Å². The zero-order valence-electron chi connectivity index (χ0n) is 14.4. The lowest BCUT2D eigenvalue weighted by Gasteiger charge is -2.34. The van der Waals surface area contributed by atoms with Crippen LogP contribution in [-0.2, 0) is 9.53 Å². The Morgan fingerprint density at radius 2 is 2.04 bits per heavy atom. The van der Waals surface area contributed by atoms with Crippen molar-refractivity contribution in [2.24, 2.45) is 5.92 Å². The molecular weight excluding hydrogens is 316 g/mol. The molecule has 2 heterocycles. The van der Waals surface area contributed by atoms with Crippen molar-refractivity contribution in [1.82, 2.24) is 4.90 Å². The lowest BCUT2D eigenvalue weighted by Crippen LogP contribution is -2.46. The molecule has 5 heteroatoms. The number of carbonyl (C=O) groups is 2. The first kappa shape index (κ1) is 16.1. The predicted molar refractivity (Wildman–Crippen MR) is 96.6 cm³/mol. The highest BCUT2D eigenvalue weighted by atomic mass is 16.5. The maximum atomic E-state index is 12.9. The smallest absolute Gasteiger partial charge is 0.310 e. The van der Waals surface area contributed by atoms with E-state index in [4.69, 9.17) is 4.74 Å². The summed E-state index contributed by atoms with van der Waals surface area (Å²) in [6.45, 7) is 4.31. The van der Waals surface area contributed by atoms with E-state index in [9.17, 15) is 9.59 Å². The van der Waals surface area contributed by atoms with Crippen LogP contribution in [0.1, 0.15) is 30.1 Å². The van der Waals surface area contributed by atoms with Crippen LogP contribution < -0.4 is 4.90 Å². The summed E-state index contributed by atoms with van der Waals surface area (Å²) < 4.78 is 5.17. The van der Waals surface area contributed by atoms with Gasteiger partial charge in [0.1, 0.15) is 0 Å². The Morgan fingerprint density at radius 1 is 1.24 bits per heavy atom. The summed E-state index contributed by atoms with van der Waals surface area (Å²) in [6.07, 6.45) is 1.81. The van der Waals surface area contributed by atoms with Crippen LogP contribution in [0.25, 0.3) is 10.8 Å². The van der Waals surface area contributed by atoms with Crippen LogP contribution in [0.15, 0.2) is 36.4 Å². The molecule has 25 heavy (non-hydrogen) atoms. The zero-order chi connectivity index (χ0) is 17.4. The fraction of sp³-hybridized carbons (Fsp3) is 0.400. The van der Waals surface area contributed by atoms with Crippen LogP contribution in [-0.4, -0.2) is 43.1 Å². The highest BCUT2D eigenvalue weighted by Gasteiger charge is 2.33. The van der Waals surface area contributed by atoms with Gasteiger partial charge >= 0.3 is 5.97 Å². The fourth-order valence-corrected chi connectivity index (χ4v) is 3.96. The van der Waals surface area contributed by atoms with Gasteiger partial charge in [0.2, 0.25) is 0 Å². The number of carbonyl (C=O) groups excluding carboxylic acids is 2. The minimum Gasteiger partial charge on any atom is -0.466 e. The Balaban J connectivity index is 1.55. The summed E-state index contributed by atoms with van der Waals surface area (Å²) in [5.41, 5.74) is 1.74. The van der Waals surface area contributed by atoms with Crippen molar-refractivity contribution in [1.29, 1.82) is 0 Å². The quantitative estimate of drug-likeness (QED) is 0.804. The fourth-order valence-electron chi connectivity index (χ4n) is 3.96. The third-order valence-corrected chi connectivity index (χ3v) is 5.12. The largest absolute Gasteiger partial charge is 0.466 e. The summed E-state index contributed by atoms with van der Waals surface area (Å²) in [6, 6.07) is 11.9. The van der Waals surface area contributed by atoms with Gasteiger partial charge in [-0.1, -0.05) is 24.3 Å².